The first-order valence-electron chi connectivity index (χ1n) is 5.68. The maximum Gasteiger partial charge on any atom is 0.130 e. The highest BCUT2D eigenvalue weighted by molar-refractivity contribution is 6.30. The molecule has 5 heteroatoms. The van der Waals surface area contributed by atoms with E-state index in [0.717, 1.165) is 5.69 Å². The summed E-state index contributed by atoms with van der Waals surface area (Å²) >= 11 is 5.67. The van der Waals surface area contributed by atoms with Crippen molar-refractivity contribution in [1.82, 2.24) is 9.78 Å². The maximum absolute atomic E-state index is 13.6. The third-order valence-corrected chi connectivity index (χ3v) is 3.15. The molecule has 1 aromatic heterocycles. The van der Waals surface area contributed by atoms with Crippen LogP contribution in [0.2, 0.25) is 5.02 Å². The Hall–Kier alpha value is -1.39. The van der Waals surface area contributed by atoms with Crippen LogP contribution in [0.5, 0.6) is 0 Å². The highest BCUT2D eigenvalue weighted by Crippen LogP contribution is 2.24. The van der Waals surface area contributed by atoms with Crippen molar-refractivity contribution in [2.45, 2.75) is 18.9 Å². The average molecular weight is 269 g/mol. The fourth-order valence-electron chi connectivity index (χ4n) is 1.86. The highest BCUT2D eigenvalue weighted by atomic mass is 35.5. The highest BCUT2D eigenvalue weighted by Gasteiger charge is 2.13. The van der Waals surface area contributed by atoms with Crippen LogP contribution in [-0.2, 0) is 13.5 Å². The largest absolute Gasteiger partial charge is 0.388 e. The van der Waals surface area contributed by atoms with Gasteiger partial charge in [-0.15, -0.1) is 0 Å². The van der Waals surface area contributed by atoms with E-state index in [2.05, 4.69) is 5.10 Å². The zero-order valence-electron chi connectivity index (χ0n) is 9.98. The molecule has 0 aliphatic rings. The summed E-state index contributed by atoms with van der Waals surface area (Å²) in [5.41, 5.74) is 1.28. The van der Waals surface area contributed by atoms with E-state index in [4.69, 9.17) is 11.6 Å². The Morgan fingerprint density at radius 1 is 1.44 bits per heavy atom. The predicted octanol–water partition coefficient (Wildman–Crippen LogP) is 2.88. The van der Waals surface area contributed by atoms with Gasteiger partial charge in [0, 0.05) is 29.5 Å². The number of aryl methyl sites for hydroxylation is 2. The standard InChI is InChI=1S/C13H14ClFN2O/c1-17-10(6-7-16-17)3-5-13(18)11-4-2-9(14)8-12(11)15/h2,4,6-8,13,18H,3,5H2,1H3. The molecule has 0 amide bonds. The lowest BCUT2D eigenvalue weighted by Crippen LogP contribution is -2.05. The summed E-state index contributed by atoms with van der Waals surface area (Å²) in [6.45, 7) is 0. The fourth-order valence-corrected chi connectivity index (χ4v) is 2.02. The van der Waals surface area contributed by atoms with Gasteiger partial charge in [0.2, 0.25) is 0 Å². The first kappa shape index (κ1) is 13.1. The maximum atomic E-state index is 13.6. The Kier molecular flexibility index (Phi) is 3.99. The first-order valence-corrected chi connectivity index (χ1v) is 6.05. The van der Waals surface area contributed by atoms with Crippen molar-refractivity contribution in [2.75, 3.05) is 0 Å². The molecule has 0 aliphatic heterocycles. The molecule has 0 fully saturated rings. The molecule has 0 bridgehead atoms. The summed E-state index contributed by atoms with van der Waals surface area (Å²) in [7, 11) is 1.84. The smallest absolute Gasteiger partial charge is 0.130 e. The third-order valence-electron chi connectivity index (χ3n) is 2.92. The molecule has 2 rings (SSSR count). The number of hydrogen-bond donors (Lipinski definition) is 1. The Balaban J connectivity index is 2.03. The lowest BCUT2D eigenvalue weighted by atomic mass is 10.0. The second kappa shape index (κ2) is 5.50. The predicted molar refractivity (Wildman–Crippen MR) is 67.9 cm³/mol. The summed E-state index contributed by atoms with van der Waals surface area (Å²) in [6.07, 6.45) is 1.94. The van der Waals surface area contributed by atoms with Gasteiger partial charge in [-0.3, -0.25) is 4.68 Å². The number of benzene rings is 1. The molecule has 18 heavy (non-hydrogen) atoms. The van der Waals surface area contributed by atoms with Crippen LogP contribution in [-0.4, -0.2) is 14.9 Å². The second-order valence-electron chi connectivity index (χ2n) is 4.17. The number of nitrogens with zero attached hydrogens (tertiary/aromatic N) is 2. The van der Waals surface area contributed by atoms with E-state index >= 15 is 0 Å². The number of aliphatic hydroxyl groups is 1. The Labute approximate surface area is 110 Å². The molecule has 1 heterocycles. The number of hydrogen-bond acceptors (Lipinski definition) is 2. The normalized spacial score (nSPS) is 12.7. The summed E-state index contributed by atoms with van der Waals surface area (Å²) in [5, 5.41) is 14.3. The van der Waals surface area contributed by atoms with E-state index < -0.39 is 11.9 Å². The second-order valence-corrected chi connectivity index (χ2v) is 4.60. The van der Waals surface area contributed by atoms with Crippen molar-refractivity contribution in [1.29, 1.82) is 0 Å². The first-order chi connectivity index (χ1) is 8.58. The van der Waals surface area contributed by atoms with Gasteiger partial charge in [-0.2, -0.15) is 5.10 Å². The lowest BCUT2D eigenvalue weighted by molar-refractivity contribution is 0.162. The van der Waals surface area contributed by atoms with Gasteiger partial charge in [-0.05, 0) is 31.0 Å². The van der Waals surface area contributed by atoms with Crippen LogP contribution in [0, 0.1) is 5.82 Å². The third kappa shape index (κ3) is 2.89. The van der Waals surface area contributed by atoms with Crippen LogP contribution >= 0.6 is 11.6 Å². The lowest BCUT2D eigenvalue weighted by Gasteiger charge is -2.12. The molecule has 2 aromatic rings. The minimum atomic E-state index is -0.836. The van der Waals surface area contributed by atoms with Gasteiger partial charge >= 0.3 is 0 Å². The zero-order valence-corrected chi connectivity index (χ0v) is 10.7. The van der Waals surface area contributed by atoms with Crippen LogP contribution in [0.1, 0.15) is 23.8 Å². The zero-order chi connectivity index (χ0) is 13.1. The van der Waals surface area contributed by atoms with Crippen LogP contribution in [0.4, 0.5) is 4.39 Å². The minimum absolute atomic E-state index is 0.279. The van der Waals surface area contributed by atoms with Crippen molar-refractivity contribution < 1.29 is 9.50 Å². The van der Waals surface area contributed by atoms with E-state index in [0.29, 0.717) is 17.9 Å². The van der Waals surface area contributed by atoms with Gasteiger partial charge in [0.25, 0.3) is 0 Å². The van der Waals surface area contributed by atoms with Gasteiger partial charge in [0.15, 0.2) is 0 Å². The SMILES string of the molecule is Cn1nccc1CCC(O)c1ccc(Cl)cc1F. The molecule has 0 spiro atoms. The number of rotatable bonds is 4. The molecule has 1 aromatic carbocycles. The van der Waals surface area contributed by atoms with Gasteiger partial charge in [0.1, 0.15) is 5.82 Å². The van der Waals surface area contributed by atoms with E-state index in [1.165, 1.54) is 12.1 Å². The van der Waals surface area contributed by atoms with E-state index in [1.807, 2.05) is 13.1 Å². The molecular weight excluding hydrogens is 255 g/mol. The van der Waals surface area contributed by atoms with Crippen LogP contribution in [0.25, 0.3) is 0 Å². The Bertz CT molecular complexity index is 542. The van der Waals surface area contributed by atoms with Crippen molar-refractivity contribution in [3.8, 4) is 0 Å². The van der Waals surface area contributed by atoms with Gasteiger partial charge in [0.05, 0.1) is 6.10 Å². The van der Waals surface area contributed by atoms with Crippen LogP contribution in [0.3, 0.4) is 0 Å². The molecule has 0 radical (unpaired) electrons. The van der Waals surface area contributed by atoms with Crippen LogP contribution in [0.15, 0.2) is 30.5 Å². The molecule has 1 atom stereocenters. The molecule has 1 N–H and O–H groups in total. The summed E-state index contributed by atoms with van der Waals surface area (Å²) in [5.74, 6) is -0.472. The van der Waals surface area contributed by atoms with Crippen LogP contribution < -0.4 is 0 Å². The molecule has 1 unspecified atom stereocenters. The van der Waals surface area contributed by atoms with E-state index in [-0.39, 0.29) is 5.56 Å². The van der Waals surface area contributed by atoms with Gasteiger partial charge < -0.3 is 5.11 Å². The van der Waals surface area contributed by atoms with Crippen molar-refractivity contribution in [3.05, 3.63) is 52.6 Å². The number of aromatic nitrogens is 2. The average Bonchev–Trinajstić information content (AvgIpc) is 2.72. The summed E-state index contributed by atoms with van der Waals surface area (Å²) in [4.78, 5) is 0. The summed E-state index contributed by atoms with van der Waals surface area (Å²) in [6, 6.07) is 6.19. The molecule has 0 saturated carbocycles. The van der Waals surface area contributed by atoms with E-state index in [1.54, 1.807) is 16.9 Å². The molecule has 0 aliphatic carbocycles. The Morgan fingerprint density at radius 3 is 2.83 bits per heavy atom. The molecule has 3 nitrogen and oxygen atoms in total. The topological polar surface area (TPSA) is 38.0 Å². The number of halogens is 2. The van der Waals surface area contributed by atoms with Gasteiger partial charge in [-0.1, -0.05) is 17.7 Å². The number of aliphatic hydroxyl groups excluding tert-OH is 1. The Morgan fingerprint density at radius 2 is 2.22 bits per heavy atom. The van der Waals surface area contributed by atoms with Crippen molar-refractivity contribution in [2.24, 2.45) is 7.05 Å². The van der Waals surface area contributed by atoms with Gasteiger partial charge in [-0.25, -0.2) is 4.39 Å². The quantitative estimate of drug-likeness (QED) is 0.926. The van der Waals surface area contributed by atoms with Crippen molar-refractivity contribution >= 4 is 11.6 Å². The monoisotopic (exact) mass is 268 g/mol. The van der Waals surface area contributed by atoms with E-state index in [9.17, 15) is 9.50 Å². The minimum Gasteiger partial charge on any atom is -0.388 e. The molecule has 0 saturated heterocycles. The van der Waals surface area contributed by atoms with Crippen molar-refractivity contribution in [3.63, 3.8) is 0 Å². The summed E-state index contributed by atoms with van der Waals surface area (Å²) < 4.78 is 15.3. The molecular formula is C13H14ClFN2O. The molecule has 96 valence electrons. The fraction of sp³-hybridized carbons (Fsp3) is 0.308.